The fourth-order valence-electron chi connectivity index (χ4n) is 1.86. The minimum Gasteiger partial charge on any atom is -0.488 e. The van der Waals surface area contributed by atoms with E-state index in [1.165, 1.54) is 0 Å². The van der Waals surface area contributed by atoms with E-state index in [0.29, 0.717) is 17.4 Å². The van der Waals surface area contributed by atoms with Gasteiger partial charge in [0, 0.05) is 11.6 Å². The Hall–Kier alpha value is -2.23. The molecule has 0 aromatic heterocycles. The summed E-state index contributed by atoms with van der Waals surface area (Å²) in [5.74, 6) is -1.44. The smallest absolute Gasteiger partial charge is 0.195 e. The highest BCUT2D eigenvalue weighted by molar-refractivity contribution is 6.09. The standard InChI is InChI=1S/C17H16F2O2/c1-17(2,3)21-13-7-4-11(5-8-13)16(20)14-9-6-12(18)10-15(14)19/h4-10H,1-3H3. The number of carbonyl (C=O) groups is 1. The maximum Gasteiger partial charge on any atom is 0.195 e. The predicted molar refractivity (Wildman–Crippen MR) is 76.6 cm³/mol. The first-order valence-electron chi connectivity index (χ1n) is 6.55. The van der Waals surface area contributed by atoms with E-state index in [0.717, 1.165) is 12.1 Å². The zero-order valence-electron chi connectivity index (χ0n) is 12.1. The average Bonchev–Trinajstić information content (AvgIpc) is 2.37. The van der Waals surface area contributed by atoms with Gasteiger partial charge < -0.3 is 4.74 Å². The van der Waals surface area contributed by atoms with Crippen molar-refractivity contribution in [2.24, 2.45) is 0 Å². The lowest BCUT2D eigenvalue weighted by Crippen LogP contribution is -2.22. The molecule has 0 N–H and O–H groups in total. The molecule has 0 radical (unpaired) electrons. The molecule has 0 unspecified atom stereocenters. The first-order valence-corrected chi connectivity index (χ1v) is 6.55. The summed E-state index contributed by atoms with van der Waals surface area (Å²) in [6, 6.07) is 9.34. The van der Waals surface area contributed by atoms with E-state index >= 15 is 0 Å². The van der Waals surface area contributed by atoms with Crippen molar-refractivity contribution in [2.45, 2.75) is 26.4 Å². The van der Waals surface area contributed by atoms with Gasteiger partial charge in [-0.2, -0.15) is 0 Å². The summed E-state index contributed by atoms with van der Waals surface area (Å²) in [6.07, 6.45) is 0. The van der Waals surface area contributed by atoms with E-state index in [4.69, 9.17) is 4.74 Å². The lowest BCUT2D eigenvalue weighted by atomic mass is 10.0. The molecule has 0 aliphatic heterocycles. The van der Waals surface area contributed by atoms with E-state index in [1.54, 1.807) is 24.3 Å². The summed E-state index contributed by atoms with van der Waals surface area (Å²) in [7, 11) is 0. The molecule has 0 heterocycles. The first-order chi connectivity index (χ1) is 9.76. The summed E-state index contributed by atoms with van der Waals surface area (Å²) in [5.41, 5.74) is -0.170. The molecule has 0 saturated carbocycles. The Labute approximate surface area is 122 Å². The molecule has 0 fully saturated rings. The molecule has 0 spiro atoms. The van der Waals surface area contributed by atoms with Crippen molar-refractivity contribution in [3.63, 3.8) is 0 Å². The molecule has 0 aliphatic rings. The number of ketones is 1. The zero-order valence-corrected chi connectivity index (χ0v) is 12.1. The van der Waals surface area contributed by atoms with Gasteiger partial charge in [-0.1, -0.05) is 0 Å². The lowest BCUT2D eigenvalue weighted by molar-refractivity contribution is 0.103. The first kappa shape index (κ1) is 15.2. The van der Waals surface area contributed by atoms with Gasteiger partial charge in [-0.05, 0) is 57.2 Å². The Morgan fingerprint density at radius 3 is 2.14 bits per heavy atom. The number of carbonyl (C=O) groups excluding carboxylic acids is 1. The molecule has 110 valence electrons. The molecule has 2 rings (SSSR count). The zero-order chi connectivity index (χ0) is 15.6. The van der Waals surface area contributed by atoms with E-state index in [-0.39, 0.29) is 11.2 Å². The highest BCUT2D eigenvalue weighted by Crippen LogP contribution is 2.21. The monoisotopic (exact) mass is 290 g/mol. The van der Waals surface area contributed by atoms with Crippen LogP contribution in [0, 0.1) is 11.6 Å². The van der Waals surface area contributed by atoms with Crippen LogP contribution in [0.2, 0.25) is 0 Å². The number of hydrogen-bond acceptors (Lipinski definition) is 2. The van der Waals surface area contributed by atoms with Crippen molar-refractivity contribution in [3.05, 3.63) is 65.2 Å². The summed E-state index contributed by atoms with van der Waals surface area (Å²) in [6.45, 7) is 5.75. The van der Waals surface area contributed by atoms with Crippen LogP contribution in [0.4, 0.5) is 8.78 Å². The Bertz CT molecular complexity index is 655. The second-order valence-electron chi connectivity index (χ2n) is 5.69. The molecule has 0 amide bonds. The fraction of sp³-hybridized carbons (Fsp3) is 0.235. The van der Waals surface area contributed by atoms with Crippen molar-refractivity contribution >= 4 is 5.78 Å². The van der Waals surface area contributed by atoms with Crippen LogP contribution in [0.1, 0.15) is 36.7 Å². The Morgan fingerprint density at radius 2 is 1.62 bits per heavy atom. The van der Waals surface area contributed by atoms with Gasteiger partial charge in [-0.25, -0.2) is 8.78 Å². The third kappa shape index (κ3) is 3.88. The van der Waals surface area contributed by atoms with E-state index in [9.17, 15) is 13.6 Å². The maximum absolute atomic E-state index is 13.6. The molecule has 0 atom stereocenters. The summed E-state index contributed by atoms with van der Waals surface area (Å²) >= 11 is 0. The topological polar surface area (TPSA) is 26.3 Å². The number of rotatable bonds is 3. The Balaban J connectivity index is 2.24. The number of benzene rings is 2. The van der Waals surface area contributed by atoms with Gasteiger partial charge in [0.1, 0.15) is 23.0 Å². The molecule has 0 saturated heterocycles. The summed E-state index contributed by atoms with van der Waals surface area (Å²) in [5, 5.41) is 0. The molecular weight excluding hydrogens is 274 g/mol. The van der Waals surface area contributed by atoms with E-state index in [2.05, 4.69) is 0 Å². The van der Waals surface area contributed by atoms with Crippen molar-refractivity contribution < 1.29 is 18.3 Å². The molecule has 0 bridgehead atoms. The fourth-order valence-corrected chi connectivity index (χ4v) is 1.86. The van der Waals surface area contributed by atoms with Crippen LogP contribution in [0.5, 0.6) is 5.75 Å². The van der Waals surface area contributed by atoms with Gasteiger partial charge in [-0.15, -0.1) is 0 Å². The Kier molecular flexibility index (Phi) is 4.07. The summed E-state index contributed by atoms with van der Waals surface area (Å²) in [4.78, 5) is 12.2. The highest BCUT2D eigenvalue weighted by atomic mass is 19.1. The van der Waals surface area contributed by atoms with Crippen LogP contribution in [-0.4, -0.2) is 11.4 Å². The van der Waals surface area contributed by atoms with Crippen LogP contribution in [0.3, 0.4) is 0 Å². The quantitative estimate of drug-likeness (QED) is 0.784. The van der Waals surface area contributed by atoms with Crippen LogP contribution >= 0.6 is 0 Å². The molecule has 21 heavy (non-hydrogen) atoms. The number of halogens is 2. The third-order valence-corrected chi connectivity index (χ3v) is 2.72. The van der Waals surface area contributed by atoms with Crippen LogP contribution in [0.15, 0.2) is 42.5 Å². The Morgan fingerprint density at radius 1 is 1.00 bits per heavy atom. The third-order valence-electron chi connectivity index (χ3n) is 2.72. The minimum absolute atomic E-state index is 0.152. The van der Waals surface area contributed by atoms with Crippen LogP contribution < -0.4 is 4.74 Å². The van der Waals surface area contributed by atoms with Crippen LogP contribution in [0.25, 0.3) is 0 Å². The molecule has 2 aromatic carbocycles. The molecule has 2 nitrogen and oxygen atoms in total. The van der Waals surface area contributed by atoms with Gasteiger partial charge in [0.2, 0.25) is 0 Å². The SMILES string of the molecule is CC(C)(C)Oc1ccc(C(=O)c2ccc(F)cc2F)cc1. The molecular formula is C17H16F2O2. The van der Waals surface area contributed by atoms with Gasteiger partial charge in [0.25, 0.3) is 0 Å². The molecule has 0 aliphatic carbocycles. The number of hydrogen-bond donors (Lipinski definition) is 0. The van der Waals surface area contributed by atoms with Crippen molar-refractivity contribution in [1.29, 1.82) is 0 Å². The molecule has 2 aromatic rings. The van der Waals surface area contributed by atoms with Gasteiger partial charge in [0.15, 0.2) is 5.78 Å². The lowest BCUT2D eigenvalue weighted by Gasteiger charge is -2.21. The van der Waals surface area contributed by atoms with Gasteiger partial charge >= 0.3 is 0 Å². The minimum atomic E-state index is -0.866. The van der Waals surface area contributed by atoms with Crippen LogP contribution in [-0.2, 0) is 0 Å². The molecule has 4 heteroatoms. The highest BCUT2D eigenvalue weighted by Gasteiger charge is 2.16. The number of ether oxygens (including phenoxy) is 1. The second-order valence-corrected chi connectivity index (χ2v) is 5.69. The second kappa shape index (κ2) is 5.64. The van der Waals surface area contributed by atoms with Crippen molar-refractivity contribution in [3.8, 4) is 5.75 Å². The van der Waals surface area contributed by atoms with Crippen molar-refractivity contribution in [2.75, 3.05) is 0 Å². The average molecular weight is 290 g/mol. The van der Waals surface area contributed by atoms with Gasteiger partial charge in [-0.3, -0.25) is 4.79 Å². The van der Waals surface area contributed by atoms with Gasteiger partial charge in [0.05, 0.1) is 5.56 Å². The van der Waals surface area contributed by atoms with Crippen molar-refractivity contribution in [1.82, 2.24) is 0 Å². The van der Waals surface area contributed by atoms with E-state index < -0.39 is 17.4 Å². The summed E-state index contributed by atoms with van der Waals surface area (Å²) < 4.78 is 32.1. The van der Waals surface area contributed by atoms with E-state index in [1.807, 2.05) is 20.8 Å². The normalized spacial score (nSPS) is 11.3. The maximum atomic E-state index is 13.6. The largest absolute Gasteiger partial charge is 0.488 e. The predicted octanol–water partition coefficient (Wildman–Crippen LogP) is 4.37.